The predicted octanol–water partition coefficient (Wildman–Crippen LogP) is 1.86. The second-order valence-electron chi connectivity index (χ2n) is 4.37. The first-order valence-electron chi connectivity index (χ1n) is 6.32. The first-order valence-corrected chi connectivity index (χ1v) is 7.81. The molecule has 0 fully saturated rings. The molecule has 0 aliphatic carbocycles. The summed E-state index contributed by atoms with van der Waals surface area (Å²) in [4.78, 5) is 0.332. The molecular formula is C14H18N2O2S. The van der Waals surface area contributed by atoms with Gasteiger partial charge in [0.15, 0.2) is 0 Å². The molecule has 19 heavy (non-hydrogen) atoms. The number of benzene rings is 2. The summed E-state index contributed by atoms with van der Waals surface area (Å²) in [6.45, 7) is 0.999. The fraction of sp³-hybridized carbons (Fsp3) is 0.286. The summed E-state index contributed by atoms with van der Waals surface area (Å²) >= 11 is 0. The minimum atomic E-state index is -3.46. The van der Waals surface area contributed by atoms with E-state index >= 15 is 0 Å². The van der Waals surface area contributed by atoms with Gasteiger partial charge in [-0.25, -0.2) is 13.1 Å². The van der Waals surface area contributed by atoms with Crippen LogP contribution in [-0.4, -0.2) is 21.5 Å². The van der Waals surface area contributed by atoms with E-state index in [1.54, 1.807) is 12.1 Å². The highest BCUT2D eigenvalue weighted by molar-refractivity contribution is 7.89. The molecule has 2 aromatic carbocycles. The summed E-state index contributed by atoms with van der Waals surface area (Å²) in [5.74, 6) is 0. The average Bonchev–Trinajstić information content (AvgIpc) is 2.43. The molecule has 2 aromatic rings. The monoisotopic (exact) mass is 278 g/mol. The van der Waals surface area contributed by atoms with E-state index in [-0.39, 0.29) is 0 Å². The first-order chi connectivity index (χ1) is 9.15. The first kappa shape index (κ1) is 14.0. The van der Waals surface area contributed by atoms with Gasteiger partial charge < -0.3 is 5.73 Å². The van der Waals surface area contributed by atoms with Crippen molar-refractivity contribution in [2.75, 3.05) is 13.1 Å². The van der Waals surface area contributed by atoms with E-state index in [2.05, 4.69) is 4.72 Å². The lowest BCUT2D eigenvalue weighted by atomic mass is 10.1. The molecule has 0 aromatic heterocycles. The van der Waals surface area contributed by atoms with Crippen molar-refractivity contribution in [1.29, 1.82) is 0 Å². The smallest absolute Gasteiger partial charge is 0.241 e. The zero-order chi connectivity index (χ0) is 13.7. The zero-order valence-corrected chi connectivity index (χ0v) is 11.5. The van der Waals surface area contributed by atoms with Gasteiger partial charge in [-0.15, -0.1) is 0 Å². The Hall–Kier alpha value is -1.43. The molecule has 0 amide bonds. The molecule has 0 aliphatic rings. The van der Waals surface area contributed by atoms with Crippen molar-refractivity contribution in [2.45, 2.75) is 17.7 Å². The Morgan fingerprint density at radius 3 is 2.53 bits per heavy atom. The van der Waals surface area contributed by atoms with Crippen LogP contribution in [0.2, 0.25) is 0 Å². The molecule has 0 heterocycles. The second kappa shape index (κ2) is 6.14. The van der Waals surface area contributed by atoms with E-state index in [1.165, 1.54) is 0 Å². The Morgan fingerprint density at radius 1 is 1.00 bits per heavy atom. The second-order valence-corrected chi connectivity index (χ2v) is 6.11. The molecule has 102 valence electrons. The predicted molar refractivity (Wildman–Crippen MR) is 77.4 cm³/mol. The Bertz CT molecular complexity index is 648. The molecule has 0 radical (unpaired) electrons. The third-order valence-electron chi connectivity index (χ3n) is 2.96. The number of hydrogen-bond acceptors (Lipinski definition) is 3. The maximum absolute atomic E-state index is 12.3. The molecule has 0 spiro atoms. The maximum Gasteiger partial charge on any atom is 0.241 e. The topological polar surface area (TPSA) is 72.2 Å². The number of sulfonamides is 1. The highest BCUT2D eigenvalue weighted by atomic mass is 32.2. The van der Waals surface area contributed by atoms with Crippen molar-refractivity contribution in [1.82, 2.24) is 4.72 Å². The standard InChI is InChI=1S/C14H18N2O2S/c15-10-3-4-11-16-19(17,18)14-9-5-7-12-6-1-2-8-13(12)14/h1-2,5-9,16H,3-4,10-11,15H2. The van der Waals surface area contributed by atoms with E-state index < -0.39 is 10.0 Å². The number of fused-ring (bicyclic) bond motifs is 1. The van der Waals surface area contributed by atoms with Crippen molar-refractivity contribution >= 4 is 20.8 Å². The molecule has 5 heteroatoms. The third kappa shape index (κ3) is 3.32. The summed E-state index contributed by atoms with van der Waals surface area (Å²) in [5, 5.41) is 1.67. The van der Waals surface area contributed by atoms with Crippen LogP contribution in [-0.2, 0) is 10.0 Å². The van der Waals surface area contributed by atoms with Gasteiger partial charge in [0.05, 0.1) is 4.90 Å². The van der Waals surface area contributed by atoms with Gasteiger partial charge >= 0.3 is 0 Å². The van der Waals surface area contributed by atoms with Crippen LogP contribution in [0.15, 0.2) is 47.4 Å². The fourth-order valence-electron chi connectivity index (χ4n) is 1.98. The SMILES string of the molecule is NCCCCNS(=O)(=O)c1cccc2ccccc12. The lowest BCUT2D eigenvalue weighted by Gasteiger charge is -2.09. The summed E-state index contributed by atoms with van der Waals surface area (Å²) in [6.07, 6.45) is 1.57. The minimum Gasteiger partial charge on any atom is -0.330 e. The van der Waals surface area contributed by atoms with Gasteiger partial charge in [0, 0.05) is 11.9 Å². The van der Waals surface area contributed by atoms with E-state index in [4.69, 9.17) is 5.73 Å². The molecule has 3 N–H and O–H groups in total. The van der Waals surface area contributed by atoms with Gasteiger partial charge in [0.25, 0.3) is 0 Å². The molecule has 0 aliphatic heterocycles. The number of nitrogens with one attached hydrogen (secondary N) is 1. The lowest BCUT2D eigenvalue weighted by molar-refractivity contribution is 0.578. The van der Waals surface area contributed by atoms with E-state index in [1.807, 2.05) is 30.3 Å². The van der Waals surface area contributed by atoms with Crippen molar-refractivity contribution in [3.05, 3.63) is 42.5 Å². The van der Waals surface area contributed by atoms with Gasteiger partial charge in [-0.3, -0.25) is 0 Å². The fourth-order valence-corrected chi connectivity index (χ4v) is 3.29. The molecule has 0 saturated carbocycles. The molecule has 4 nitrogen and oxygen atoms in total. The van der Waals surface area contributed by atoms with Crippen molar-refractivity contribution in [3.63, 3.8) is 0 Å². The molecule has 0 saturated heterocycles. The van der Waals surface area contributed by atoms with Crippen LogP contribution in [0.25, 0.3) is 10.8 Å². The van der Waals surface area contributed by atoms with Crippen molar-refractivity contribution in [2.24, 2.45) is 5.73 Å². The van der Waals surface area contributed by atoms with Gasteiger partial charge in [-0.2, -0.15) is 0 Å². The van der Waals surface area contributed by atoms with E-state index in [9.17, 15) is 8.42 Å². The normalized spacial score (nSPS) is 11.8. The molecule has 2 rings (SSSR count). The van der Waals surface area contributed by atoms with Gasteiger partial charge in [0.2, 0.25) is 10.0 Å². The number of unbranched alkanes of at least 4 members (excludes halogenated alkanes) is 1. The van der Waals surface area contributed by atoms with E-state index in [0.717, 1.165) is 23.6 Å². The van der Waals surface area contributed by atoms with Crippen molar-refractivity contribution < 1.29 is 8.42 Å². The third-order valence-corrected chi connectivity index (χ3v) is 4.48. The van der Waals surface area contributed by atoms with Gasteiger partial charge in [0.1, 0.15) is 0 Å². The molecule has 0 bridgehead atoms. The van der Waals surface area contributed by atoms with Crippen molar-refractivity contribution in [3.8, 4) is 0 Å². The van der Waals surface area contributed by atoms with Crippen LogP contribution in [0.1, 0.15) is 12.8 Å². The van der Waals surface area contributed by atoms with Crippen LogP contribution < -0.4 is 10.5 Å². The summed E-state index contributed by atoms with van der Waals surface area (Å²) in [6, 6.07) is 12.8. The molecular weight excluding hydrogens is 260 g/mol. The van der Waals surface area contributed by atoms with Gasteiger partial charge in [-0.05, 0) is 30.8 Å². The quantitative estimate of drug-likeness (QED) is 0.792. The molecule has 0 unspecified atom stereocenters. The minimum absolute atomic E-state index is 0.332. The summed E-state index contributed by atoms with van der Waals surface area (Å²) in [7, 11) is -3.46. The number of nitrogens with two attached hydrogens (primary N) is 1. The van der Waals surface area contributed by atoms with Crippen LogP contribution in [0.5, 0.6) is 0 Å². The Morgan fingerprint density at radius 2 is 1.74 bits per heavy atom. The number of rotatable bonds is 6. The van der Waals surface area contributed by atoms with Crippen LogP contribution in [0.3, 0.4) is 0 Å². The van der Waals surface area contributed by atoms with Crippen LogP contribution in [0, 0.1) is 0 Å². The maximum atomic E-state index is 12.3. The summed E-state index contributed by atoms with van der Waals surface area (Å²) in [5.41, 5.74) is 5.39. The molecule has 0 atom stereocenters. The van der Waals surface area contributed by atoms with Crippen LogP contribution >= 0.6 is 0 Å². The lowest BCUT2D eigenvalue weighted by Crippen LogP contribution is -2.25. The van der Waals surface area contributed by atoms with Crippen LogP contribution in [0.4, 0.5) is 0 Å². The highest BCUT2D eigenvalue weighted by Crippen LogP contribution is 2.22. The number of hydrogen-bond donors (Lipinski definition) is 2. The largest absolute Gasteiger partial charge is 0.330 e. The Balaban J connectivity index is 2.28. The summed E-state index contributed by atoms with van der Waals surface area (Å²) < 4.78 is 27.2. The highest BCUT2D eigenvalue weighted by Gasteiger charge is 2.15. The Labute approximate surface area is 113 Å². The Kier molecular flexibility index (Phi) is 4.52. The van der Waals surface area contributed by atoms with E-state index in [0.29, 0.717) is 18.0 Å². The average molecular weight is 278 g/mol. The van der Waals surface area contributed by atoms with Gasteiger partial charge in [-0.1, -0.05) is 36.4 Å². The zero-order valence-electron chi connectivity index (χ0n) is 10.7.